The van der Waals surface area contributed by atoms with Crippen LogP contribution in [-0.2, 0) is 4.79 Å². The fourth-order valence-electron chi connectivity index (χ4n) is 2.58. The summed E-state index contributed by atoms with van der Waals surface area (Å²) in [5.74, 6) is 0.0318. The summed E-state index contributed by atoms with van der Waals surface area (Å²) in [6.45, 7) is 2.22. The van der Waals surface area contributed by atoms with Crippen molar-refractivity contribution in [3.05, 3.63) is 66.7 Å². The van der Waals surface area contributed by atoms with Crippen LogP contribution in [0.5, 0.6) is 0 Å². The lowest BCUT2D eigenvalue weighted by Crippen LogP contribution is -2.10. The molecule has 0 radical (unpaired) electrons. The van der Waals surface area contributed by atoms with E-state index in [0.29, 0.717) is 6.42 Å². The van der Waals surface area contributed by atoms with Crippen LogP contribution >= 0.6 is 0 Å². The van der Waals surface area contributed by atoms with Crippen molar-refractivity contribution in [1.82, 2.24) is 0 Å². The minimum atomic E-state index is 0.0318. The molecule has 27 heavy (non-hydrogen) atoms. The monoisotopic (exact) mass is 363 g/mol. The first kappa shape index (κ1) is 20.6. The van der Waals surface area contributed by atoms with Crippen LogP contribution in [0.25, 0.3) is 0 Å². The van der Waals surface area contributed by atoms with Gasteiger partial charge in [-0.05, 0) is 55.7 Å². The van der Waals surface area contributed by atoms with Gasteiger partial charge in [0, 0.05) is 12.1 Å². The first-order valence-corrected chi connectivity index (χ1v) is 9.79. The Morgan fingerprint density at radius 1 is 0.852 bits per heavy atom. The van der Waals surface area contributed by atoms with Crippen LogP contribution in [0.3, 0.4) is 0 Å². The third kappa shape index (κ3) is 8.95. The van der Waals surface area contributed by atoms with Gasteiger partial charge in [-0.1, -0.05) is 56.5 Å². The van der Waals surface area contributed by atoms with Crippen molar-refractivity contribution in [2.24, 2.45) is 10.2 Å². The van der Waals surface area contributed by atoms with Gasteiger partial charge in [-0.15, -0.1) is 0 Å². The van der Waals surface area contributed by atoms with E-state index in [9.17, 15) is 4.79 Å². The van der Waals surface area contributed by atoms with Gasteiger partial charge in [0.05, 0.1) is 11.4 Å². The molecule has 0 aliphatic heterocycles. The van der Waals surface area contributed by atoms with Crippen molar-refractivity contribution < 1.29 is 4.79 Å². The van der Waals surface area contributed by atoms with Crippen molar-refractivity contribution >= 4 is 23.0 Å². The third-order valence-electron chi connectivity index (χ3n) is 4.12. The number of hydrogen-bond acceptors (Lipinski definition) is 3. The van der Waals surface area contributed by atoms with Crippen molar-refractivity contribution in [1.29, 1.82) is 0 Å². The Hall–Kier alpha value is -2.75. The maximum Gasteiger partial charge on any atom is 0.224 e. The fourth-order valence-corrected chi connectivity index (χ4v) is 2.58. The summed E-state index contributed by atoms with van der Waals surface area (Å²) in [4.78, 5) is 12.0. The molecule has 2 aromatic carbocycles. The first-order chi connectivity index (χ1) is 13.3. The van der Waals surface area contributed by atoms with Crippen molar-refractivity contribution in [3.63, 3.8) is 0 Å². The van der Waals surface area contributed by atoms with Crippen LogP contribution < -0.4 is 5.32 Å². The predicted octanol–water partition coefficient (Wildman–Crippen LogP) is 7.35. The lowest BCUT2D eigenvalue weighted by Gasteiger charge is -2.04. The number of nitrogens with zero attached hydrogens (tertiary/aromatic N) is 2. The molecule has 0 heterocycles. The molecule has 2 rings (SSSR count). The summed E-state index contributed by atoms with van der Waals surface area (Å²) in [6.07, 6.45) is 11.8. The number of benzene rings is 2. The molecule has 0 saturated heterocycles. The molecule has 0 aromatic heterocycles. The number of amides is 1. The van der Waals surface area contributed by atoms with E-state index in [0.717, 1.165) is 29.9 Å². The van der Waals surface area contributed by atoms with E-state index in [-0.39, 0.29) is 5.91 Å². The normalized spacial score (nSPS) is 11.3. The topological polar surface area (TPSA) is 53.8 Å². The minimum Gasteiger partial charge on any atom is -0.326 e. The average Bonchev–Trinajstić information content (AvgIpc) is 2.70. The summed E-state index contributed by atoms with van der Waals surface area (Å²) in [5.41, 5.74) is 2.35. The van der Waals surface area contributed by atoms with Crippen LogP contribution in [0.2, 0.25) is 0 Å². The van der Waals surface area contributed by atoms with Crippen molar-refractivity contribution in [2.45, 2.75) is 51.9 Å². The fraction of sp³-hybridized carbons (Fsp3) is 0.348. The van der Waals surface area contributed by atoms with Crippen LogP contribution in [0, 0.1) is 0 Å². The zero-order valence-electron chi connectivity index (χ0n) is 16.1. The Bertz CT molecular complexity index is 721. The highest BCUT2D eigenvalue weighted by Gasteiger charge is 2.01. The van der Waals surface area contributed by atoms with Crippen LogP contribution in [0.1, 0.15) is 51.9 Å². The van der Waals surface area contributed by atoms with Crippen molar-refractivity contribution in [2.75, 3.05) is 5.32 Å². The van der Waals surface area contributed by atoms with Gasteiger partial charge in [0.1, 0.15) is 0 Å². The molecule has 142 valence electrons. The molecule has 0 atom stereocenters. The highest BCUT2D eigenvalue weighted by Crippen LogP contribution is 2.20. The van der Waals surface area contributed by atoms with Gasteiger partial charge in [-0.3, -0.25) is 4.79 Å². The van der Waals surface area contributed by atoms with E-state index in [4.69, 9.17) is 0 Å². The second-order valence-electron chi connectivity index (χ2n) is 6.49. The molecule has 1 amide bonds. The SMILES string of the molecule is CCCCCC/C=C/CCC(=O)Nc1ccc(N=Nc2ccccc2)cc1. The standard InChI is InChI=1S/C23H29N3O/c1-2-3-4-5-6-7-8-12-15-23(27)24-20-16-18-22(19-17-20)26-25-21-13-10-9-11-14-21/h7-11,13-14,16-19H,2-6,12,15H2,1H3,(H,24,27)/b8-7+,26-25?. The molecule has 4 heteroatoms. The van der Waals surface area contributed by atoms with Crippen molar-refractivity contribution in [3.8, 4) is 0 Å². The largest absolute Gasteiger partial charge is 0.326 e. The Labute approximate surface area is 162 Å². The summed E-state index contributed by atoms with van der Waals surface area (Å²) >= 11 is 0. The summed E-state index contributed by atoms with van der Waals surface area (Å²) < 4.78 is 0. The van der Waals surface area contributed by atoms with Gasteiger partial charge in [0.2, 0.25) is 5.91 Å². The number of unbranched alkanes of at least 4 members (excludes halogenated alkanes) is 4. The average molecular weight is 364 g/mol. The van der Waals surface area contributed by atoms with E-state index in [1.165, 1.54) is 25.7 Å². The second kappa shape index (κ2) is 12.6. The molecular formula is C23H29N3O. The molecule has 0 aliphatic carbocycles. The second-order valence-corrected chi connectivity index (χ2v) is 6.49. The molecule has 2 aromatic rings. The number of carbonyl (C=O) groups excluding carboxylic acids is 1. The number of rotatable bonds is 11. The number of hydrogen-bond donors (Lipinski definition) is 1. The molecule has 0 spiro atoms. The maximum absolute atomic E-state index is 12.0. The van der Waals surface area contributed by atoms with E-state index in [1.54, 1.807) is 0 Å². The van der Waals surface area contributed by atoms with Gasteiger partial charge in [0.15, 0.2) is 0 Å². The van der Waals surface area contributed by atoms with E-state index in [1.807, 2.05) is 54.6 Å². The number of nitrogens with one attached hydrogen (secondary N) is 1. The Kier molecular flexibility index (Phi) is 9.58. The van der Waals surface area contributed by atoms with Crippen LogP contribution in [0.15, 0.2) is 77.0 Å². The minimum absolute atomic E-state index is 0.0318. The predicted molar refractivity (Wildman–Crippen MR) is 113 cm³/mol. The third-order valence-corrected chi connectivity index (χ3v) is 4.12. The van der Waals surface area contributed by atoms with Gasteiger partial charge >= 0.3 is 0 Å². The summed E-state index contributed by atoms with van der Waals surface area (Å²) in [7, 11) is 0. The molecule has 0 bridgehead atoms. The Balaban J connectivity index is 1.68. The Morgan fingerprint density at radius 2 is 1.52 bits per heavy atom. The summed E-state index contributed by atoms with van der Waals surface area (Å²) in [6, 6.07) is 17.0. The van der Waals surface area contributed by atoms with Gasteiger partial charge in [-0.25, -0.2) is 0 Å². The molecular weight excluding hydrogens is 334 g/mol. The lowest BCUT2D eigenvalue weighted by molar-refractivity contribution is -0.116. The highest BCUT2D eigenvalue weighted by atomic mass is 16.1. The lowest BCUT2D eigenvalue weighted by atomic mass is 10.1. The quantitative estimate of drug-likeness (QED) is 0.253. The van der Waals surface area contributed by atoms with Crippen LogP contribution in [-0.4, -0.2) is 5.91 Å². The summed E-state index contributed by atoms with van der Waals surface area (Å²) in [5, 5.41) is 11.3. The first-order valence-electron chi connectivity index (χ1n) is 9.79. The molecule has 0 fully saturated rings. The van der Waals surface area contributed by atoms with E-state index >= 15 is 0 Å². The molecule has 0 aliphatic rings. The molecule has 4 nitrogen and oxygen atoms in total. The number of allylic oxidation sites excluding steroid dienone is 2. The van der Waals surface area contributed by atoms with Crippen LogP contribution in [0.4, 0.5) is 17.1 Å². The van der Waals surface area contributed by atoms with Gasteiger partial charge in [0.25, 0.3) is 0 Å². The number of anilines is 1. The van der Waals surface area contributed by atoms with Gasteiger partial charge in [-0.2, -0.15) is 10.2 Å². The van der Waals surface area contributed by atoms with E-state index < -0.39 is 0 Å². The Morgan fingerprint density at radius 3 is 2.22 bits per heavy atom. The zero-order chi connectivity index (χ0) is 19.2. The molecule has 1 N–H and O–H groups in total. The van der Waals surface area contributed by atoms with Gasteiger partial charge < -0.3 is 5.32 Å². The highest BCUT2D eigenvalue weighted by molar-refractivity contribution is 5.90. The zero-order valence-corrected chi connectivity index (χ0v) is 16.1. The number of azo groups is 1. The van der Waals surface area contributed by atoms with E-state index in [2.05, 4.69) is 34.6 Å². The maximum atomic E-state index is 12.0. The smallest absolute Gasteiger partial charge is 0.224 e. The molecule has 0 unspecified atom stereocenters. The molecule has 0 saturated carbocycles. The number of carbonyl (C=O) groups is 1.